The van der Waals surface area contributed by atoms with Crippen molar-refractivity contribution in [1.82, 2.24) is 5.32 Å². The van der Waals surface area contributed by atoms with Crippen LogP contribution in [0.3, 0.4) is 0 Å². The normalized spacial score (nSPS) is 17.2. The van der Waals surface area contributed by atoms with Gasteiger partial charge in [0.2, 0.25) is 11.8 Å². The van der Waals surface area contributed by atoms with E-state index in [1.165, 1.54) is 12.8 Å². The number of anilines is 2. The molecule has 0 spiro atoms. The summed E-state index contributed by atoms with van der Waals surface area (Å²) < 4.78 is 0. The first-order valence-electron chi connectivity index (χ1n) is 9.53. The average Bonchev–Trinajstić information content (AvgIpc) is 3.17. The molecule has 0 aliphatic carbocycles. The fourth-order valence-electron chi connectivity index (χ4n) is 3.49. The van der Waals surface area contributed by atoms with Gasteiger partial charge in [-0.25, -0.2) is 0 Å². The third-order valence-corrected chi connectivity index (χ3v) is 5.91. The number of para-hydroxylation sites is 2. The summed E-state index contributed by atoms with van der Waals surface area (Å²) in [7, 11) is 0. The minimum atomic E-state index is -0.0826. The third-order valence-electron chi connectivity index (χ3n) is 5.04. The van der Waals surface area contributed by atoms with E-state index in [-0.39, 0.29) is 24.2 Å². The summed E-state index contributed by atoms with van der Waals surface area (Å²) in [4.78, 5) is 25.8. The van der Waals surface area contributed by atoms with E-state index >= 15 is 0 Å². The Morgan fingerprint density at radius 2 is 1.86 bits per heavy atom. The molecule has 1 aliphatic heterocycles. The predicted molar refractivity (Wildman–Crippen MR) is 118 cm³/mol. The maximum Gasteiger partial charge on any atom is 0.229 e. The smallest absolute Gasteiger partial charge is 0.229 e. The molecule has 2 heterocycles. The molecule has 1 aromatic carbocycles. The fourth-order valence-corrected chi connectivity index (χ4v) is 4.20. The van der Waals surface area contributed by atoms with E-state index in [4.69, 9.17) is 0 Å². The quantitative estimate of drug-likeness (QED) is 0.623. The zero-order valence-corrected chi connectivity index (χ0v) is 17.7. The largest absolute Gasteiger partial charge is 0.324 e. The number of nitrogens with one attached hydrogen (secondary N) is 3. The van der Waals surface area contributed by atoms with Crippen molar-refractivity contribution in [3.8, 4) is 0 Å². The van der Waals surface area contributed by atoms with Crippen LogP contribution >= 0.6 is 23.7 Å². The van der Waals surface area contributed by atoms with Crippen LogP contribution in [-0.4, -0.2) is 24.9 Å². The Balaban J connectivity index is 0.00000280. The summed E-state index contributed by atoms with van der Waals surface area (Å²) in [6.07, 6.45) is 3.18. The molecular formula is C21H28ClN3O2S. The van der Waals surface area contributed by atoms with Crippen LogP contribution in [0, 0.1) is 11.8 Å². The van der Waals surface area contributed by atoms with E-state index in [2.05, 4.69) is 22.9 Å². The third kappa shape index (κ3) is 6.62. The molecule has 1 fully saturated rings. The summed E-state index contributed by atoms with van der Waals surface area (Å²) in [5, 5.41) is 11.3. The molecule has 0 bridgehead atoms. The van der Waals surface area contributed by atoms with Crippen LogP contribution in [0.5, 0.6) is 0 Å². The molecule has 2 amide bonds. The number of benzene rings is 1. The SMILES string of the molecule is CC(CC(=O)Nc1ccccc1NC(=O)Cc1cccs1)C1CCCNC1.Cl. The lowest BCUT2D eigenvalue weighted by Crippen LogP contribution is -2.34. The molecule has 2 atom stereocenters. The highest BCUT2D eigenvalue weighted by atomic mass is 35.5. The lowest BCUT2D eigenvalue weighted by Gasteiger charge is -2.28. The van der Waals surface area contributed by atoms with Gasteiger partial charge in [0.25, 0.3) is 0 Å². The molecule has 0 radical (unpaired) electrons. The Labute approximate surface area is 176 Å². The van der Waals surface area contributed by atoms with Gasteiger partial charge in [-0.15, -0.1) is 23.7 Å². The molecule has 2 aromatic rings. The van der Waals surface area contributed by atoms with Crippen LogP contribution in [0.15, 0.2) is 41.8 Å². The van der Waals surface area contributed by atoms with E-state index in [9.17, 15) is 9.59 Å². The van der Waals surface area contributed by atoms with Crippen molar-refractivity contribution < 1.29 is 9.59 Å². The number of piperidine rings is 1. The average molecular weight is 422 g/mol. The predicted octanol–water partition coefficient (Wildman–Crippen LogP) is 4.32. The molecule has 5 nitrogen and oxygen atoms in total. The second kappa shape index (κ2) is 11.2. The topological polar surface area (TPSA) is 70.2 Å². The van der Waals surface area contributed by atoms with Gasteiger partial charge in [-0.3, -0.25) is 9.59 Å². The number of amides is 2. The highest BCUT2D eigenvalue weighted by Gasteiger charge is 2.22. The zero-order valence-electron chi connectivity index (χ0n) is 16.1. The van der Waals surface area contributed by atoms with Gasteiger partial charge in [-0.2, -0.15) is 0 Å². The van der Waals surface area contributed by atoms with Gasteiger partial charge >= 0.3 is 0 Å². The van der Waals surface area contributed by atoms with Crippen LogP contribution < -0.4 is 16.0 Å². The molecule has 2 unspecified atom stereocenters. The van der Waals surface area contributed by atoms with Gasteiger partial charge in [0.1, 0.15) is 0 Å². The minimum Gasteiger partial charge on any atom is -0.324 e. The van der Waals surface area contributed by atoms with Crippen LogP contribution in [0.1, 0.15) is 31.1 Å². The molecule has 1 aliphatic rings. The second-order valence-electron chi connectivity index (χ2n) is 7.19. The van der Waals surface area contributed by atoms with Gasteiger partial charge < -0.3 is 16.0 Å². The standard InChI is InChI=1S/C21H27N3O2S.ClH/c1-15(16-6-4-10-22-14-16)12-20(25)23-18-8-2-3-9-19(18)24-21(26)13-17-7-5-11-27-17;/h2-3,5,7-9,11,15-16,22H,4,6,10,12-14H2,1H3,(H,23,25)(H,24,26);1H. The highest BCUT2D eigenvalue weighted by molar-refractivity contribution is 7.10. The summed E-state index contributed by atoms with van der Waals surface area (Å²) in [5.41, 5.74) is 1.29. The van der Waals surface area contributed by atoms with Crippen LogP contribution in [-0.2, 0) is 16.0 Å². The first-order chi connectivity index (χ1) is 13.1. The molecule has 1 saturated heterocycles. The van der Waals surface area contributed by atoms with Gasteiger partial charge in [-0.1, -0.05) is 25.1 Å². The number of halogens is 1. The lowest BCUT2D eigenvalue weighted by atomic mass is 9.85. The van der Waals surface area contributed by atoms with Gasteiger partial charge in [-0.05, 0) is 61.3 Å². The molecule has 0 saturated carbocycles. The maximum atomic E-state index is 12.5. The van der Waals surface area contributed by atoms with Crippen molar-refractivity contribution in [2.45, 2.75) is 32.6 Å². The zero-order chi connectivity index (χ0) is 19.1. The molecule has 28 heavy (non-hydrogen) atoms. The molecule has 152 valence electrons. The first kappa shape index (κ1) is 22.4. The molecule has 3 N–H and O–H groups in total. The number of thiophene rings is 1. The first-order valence-corrected chi connectivity index (χ1v) is 10.4. The monoisotopic (exact) mass is 421 g/mol. The van der Waals surface area contributed by atoms with Gasteiger partial charge in [0.15, 0.2) is 0 Å². The number of rotatable bonds is 7. The Bertz CT molecular complexity index is 761. The fraction of sp³-hybridized carbons (Fsp3) is 0.429. The van der Waals surface area contributed by atoms with Crippen LogP contribution in [0.25, 0.3) is 0 Å². The Morgan fingerprint density at radius 1 is 1.14 bits per heavy atom. The second-order valence-corrected chi connectivity index (χ2v) is 8.22. The van der Waals surface area contributed by atoms with E-state index in [0.29, 0.717) is 36.1 Å². The van der Waals surface area contributed by atoms with Gasteiger partial charge in [0.05, 0.1) is 17.8 Å². The Hall–Kier alpha value is -1.89. The molecular weight excluding hydrogens is 394 g/mol. The van der Waals surface area contributed by atoms with Crippen molar-refractivity contribution in [1.29, 1.82) is 0 Å². The van der Waals surface area contributed by atoms with Crippen molar-refractivity contribution >= 4 is 46.9 Å². The van der Waals surface area contributed by atoms with Crippen molar-refractivity contribution in [2.24, 2.45) is 11.8 Å². The van der Waals surface area contributed by atoms with Crippen molar-refractivity contribution in [3.05, 3.63) is 46.7 Å². The number of hydrogen-bond acceptors (Lipinski definition) is 4. The number of carbonyl (C=O) groups is 2. The summed E-state index contributed by atoms with van der Waals surface area (Å²) in [6, 6.07) is 11.2. The summed E-state index contributed by atoms with van der Waals surface area (Å²) in [5.74, 6) is 0.789. The maximum absolute atomic E-state index is 12.5. The lowest BCUT2D eigenvalue weighted by molar-refractivity contribution is -0.117. The van der Waals surface area contributed by atoms with Crippen molar-refractivity contribution in [2.75, 3.05) is 23.7 Å². The Morgan fingerprint density at radius 3 is 2.46 bits per heavy atom. The minimum absolute atomic E-state index is 0. The number of hydrogen-bond donors (Lipinski definition) is 3. The molecule has 1 aromatic heterocycles. The van der Waals surface area contributed by atoms with Gasteiger partial charge in [0, 0.05) is 11.3 Å². The van der Waals surface area contributed by atoms with Crippen LogP contribution in [0.2, 0.25) is 0 Å². The molecule has 3 rings (SSSR count). The summed E-state index contributed by atoms with van der Waals surface area (Å²) in [6.45, 7) is 4.21. The number of carbonyl (C=O) groups excluding carboxylic acids is 2. The Kier molecular flexibility index (Phi) is 8.96. The van der Waals surface area contributed by atoms with E-state index < -0.39 is 0 Å². The van der Waals surface area contributed by atoms with E-state index in [0.717, 1.165) is 18.0 Å². The highest BCUT2D eigenvalue weighted by Crippen LogP contribution is 2.25. The molecule has 7 heteroatoms. The summed E-state index contributed by atoms with van der Waals surface area (Å²) >= 11 is 1.56. The van der Waals surface area contributed by atoms with Crippen molar-refractivity contribution in [3.63, 3.8) is 0 Å². The van der Waals surface area contributed by atoms with E-state index in [1.807, 2.05) is 41.8 Å². The van der Waals surface area contributed by atoms with Crippen LogP contribution in [0.4, 0.5) is 11.4 Å². The van der Waals surface area contributed by atoms with E-state index in [1.54, 1.807) is 11.3 Å².